The minimum Gasteiger partial charge on any atom is -0.454 e. The van der Waals surface area contributed by atoms with Crippen molar-refractivity contribution in [2.24, 2.45) is 0 Å². The number of hydrogen-bond acceptors (Lipinski definition) is 2. The standard InChI is InChI=1S/C37H21N3O/c38-22-23-16-18-34-29(20-23)27-10-3-4-12-31(27)39(34)24-17-19-36-30(21-24)28-11-7-15-35(37(28)41-36)40-32-13-5-1-8-25(32)26-9-2-6-14-33(26)40/h1-21H. The topological polar surface area (TPSA) is 46.8 Å². The van der Waals surface area contributed by atoms with Crippen LogP contribution >= 0.6 is 0 Å². The zero-order chi connectivity index (χ0) is 27.1. The molecule has 4 heteroatoms. The number of rotatable bonds is 2. The molecule has 4 nitrogen and oxygen atoms in total. The van der Waals surface area contributed by atoms with Crippen LogP contribution < -0.4 is 0 Å². The lowest BCUT2D eigenvalue weighted by atomic mass is 10.1. The second kappa shape index (κ2) is 8.11. The van der Waals surface area contributed by atoms with Crippen molar-refractivity contribution < 1.29 is 4.42 Å². The lowest BCUT2D eigenvalue weighted by molar-refractivity contribution is 0.666. The van der Waals surface area contributed by atoms with Gasteiger partial charge in [0, 0.05) is 38.0 Å². The summed E-state index contributed by atoms with van der Waals surface area (Å²) in [6.45, 7) is 0. The molecular weight excluding hydrogens is 502 g/mol. The average Bonchev–Trinajstić information content (AvgIpc) is 3.68. The second-order valence-electron chi connectivity index (χ2n) is 10.5. The third kappa shape index (κ3) is 2.98. The molecule has 3 heterocycles. The van der Waals surface area contributed by atoms with Crippen LogP contribution in [0, 0.1) is 11.3 Å². The lowest BCUT2D eigenvalue weighted by Crippen LogP contribution is -1.94. The average molecular weight is 524 g/mol. The Kier molecular flexibility index (Phi) is 4.37. The molecule has 0 aliphatic carbocycles. The number of nitrogens with zero attached hydrogens (tertiary/aromatic N) is 3. The SMILES string of the molecule is N#Cc1ccc2c(c1)c1ccccc1n2-c1ccc2oc3c(-n4c5ccccc5c5ccccc54)cccc3c2c1. The highest BCUT2D eigenvalue weighted by molar-refractivity contribution is 6.14. The van der Waals surface area contributed by atoms with E-state index < -0.39 is 0 Å². The predicted molar refractivity (Wildman–Crippen MR) is 167 cm³/mol. The highest BCUT2D eigenvalue weighted by atomic mass is 16.3. The van der Waals surface area contributed by atoms with E-state index in [2.05, 4.69) is 118 Å². The maximum atomic E-state index is 9.53. The molecule has 0 aliphatic heterocycles. The molecule has 190 valence electrons. The van der Waals surface area contributed by atoms with Crippen molar-refractivity contribution in [2.75, 3.05) is 0 Å². The first-order chi connectivity index (χ1) is 20.3. The van der Waals surface area contributed by atoms with Crippen LogP contribution in [0.25, 0.3) is 76.9 Å². The minimum absolute atomic E-state index is 0.661. The van der Waals surface area contributed by atoms with Crippen molar-refractivity contribution in [3.8, 4) is 17.4 Å². The molecule has 9 aromatic rings. The van der Waals surface area contributed by atoms with Crippen molar-refractivity contribution in [3.63, 3.8) is 0 Å². The Morgan fingerprint density at radius 3 is 1.80 bits per heavy atom. The van der Waals surface area contributed by atoms with Gasteiger partial charge < -0.3 is 13.6 Å². The molecule has 6 aromatic carbocycles. The summed E-state index contributed by atoms with van der Waals surface area (Å²) >= 11 is 0. The Morgan fingerprint density at radius 2 is 1.10 bits per heavy atom. The van der Waals surface area contributed by atoms with Crippen LogP contribution in [-0.2, 0) is 0 Å². The molecule has 0 unspecified atom stereocenters. The number of para-hydroxylation sites is 4. The monoisotopic (exact) mass is 523 g/mol. The quantitative estimate of drug-likeness (QED) is 0.226. The number of aromatic nitrogens is 2. The van der Waals surface area contributed by atoms with Gasteiger partial charge in [0.05, 0.1) is 39.4 Å². The summed E-state index contributed by atoms with van der Waals surface area (Å²) in [5.41, 5.74) is 8.95. The van der Waals surface area contributed by atoms with Crippen LogP contribution in [0.15, 0.2) is 132 Å². The highest BCUT2D eigenvalue weighted by Crippen LogP contribution is 2.39. The van der Waals surface area contributed by atoms with Gasteiger partial charge in [-0.05, 0) is 60.7 Å². The molecule has 0 saturated carbocycles. The zero-order valence-electron chi connectivity index (χ0n) is 21.9. The maximum absolute atomic E-state index is 9.53. The number of hydrogen-bond donors (Lipinski definition) is 0. The first kappa shape index (κ1) is 22.1. The first-order valence-electron chi connectivity index (χ1n) is 13.7. The molecule has 0 spiro atoms. The predicted octanol–water partition coefficient (Wildman–Crippen LogP) is 9.65. The number of furan rings is 1. The van der Waals surface area contributed by atoms with Gasteiger partial charge in [0.2, 0.25) is 0 Å². The van der Waals surface area contributed by atoms with E-state index in [0.29, 0.717) is 5.56 Å². The van der Waals surface area contributed by atoms with Gasteiger partial charge >= 0.3 is 0 Å². The summed E-state index contributed by atoms with van der Waals surface area (Å²) in [5, 5.41) is 16.3. The lowest BCUT2D eigenvalue weighted by Gasteiger charge is -2.08. The highest BCUT2D eigenvalue weighted by Gasteiger charge is 2.19. The summed E-state index contributed by atoms with van der Waals surface area (Å²) in [6, 6.07) is 46.5. The number of nitriles is 1. The Labute approximate surface area is 234 Å². The Hall–Kier alpha value is -5.79. The third-order valence-electron chi connectivity index (χ3n) is 8.34. The second-order valence-corrected chi connectivity index (χ2v) is 10.5. The Morgan fingerprint density at radius 1 is 0.488 bits per heavy atom. The molecule has 0 N–H and O–H groups in total. The zero-order valence-corrected chi connectivity index (χ0v) is 21.9. The van der Waals surface area contributed by atoms with Crippen LogP contribution in [0.5, 0.6) is 0 Å². The van der Waals surface area contributed by atoms with E-state index in [-0.39, 0.29) is 0 Å². The van der Waals surface area contributed by atoms with E-state index in [4.69, 9.17) is 4.42 Å². The van der Waals surface area contributed by atoms with E-state index in [1.165, 1.54) is 10.8 Å². The normalized spacial score (nSPS) is 11.9. The summed E-state index contributed by atoms with van der Waals surface area (Å²) in [6.07, 6.45) is 0. The van der Waals surface area contributed by atoms with Crippen LogP contribution in [0.1, 0.15) is 5.56 Å². The molecule has 0 fully saturated rings. The molecule has 0 amide bonds. The molecule has 3 aromatic heterocycles. The van der Waals surface area contributed by atoms with Crippen molar-refractivity contribution in [1.82, 2.24) is 9.13 Å². The smallest absolute Gasteiger partial charge is 0.159 e. The van der Waals surface area contributed by atoms with Gasteiger partial charge in [0.15, 0.2) is 5.58 Å². The number of benzene rings is 6. The van der Waals surface area contributed by atoms with Crippen LogP contribution in [-0.4, -0.2) is 9.13 Å². The third-order valence-corrected chi connectivity index (χ3v) is 8.34. The van der Waals surface area contributed by atoms with E-state index in [1.807, 2.05) is 24.3 Å². The van der Waals surface area contributed by atoms with E-state index in [1.54, 1.807) is 0 Å². The van der Waals surface area contributed by atoms with Gasteiger partial charge in [-0.3, -0.25) is 0 Å². The van der Waals surface area contributed by atoms with E-state index in [9.17, 15) is 5.26 Å². The fourth-order valence-electron chi connectivity index (χ4n) is 6.59. The Balaban J connectivity index is 1.33. The summed E-state index contributed by atoms with van der Waals surface area (Å²) in [5.74, 6) is 0. The molecule has 0 atom stereocenters. The van der Waals surface area contributed by atoms with Crippen molar-refractivity contribution in [1.29, 1.82) is 5.26 Å². The molecule has 0 radical (unpaired) electrons. The largest absolute Gasteiger partial charge is 0.454 e. The fourth-order valence-corrected chi connectivity index (χ4v) is 6.59. The van der Waals surface area contributed by atoms with Crippen molar-refractivity contribution in [3.05, 3.63) is 133 Å². The van der Waals surface area contributed by atoms with Crippen LogP contribution in [0.2, 0.25) is 0 Å². The van der Waals surface area contributed by atoms with Crippen LogP contribution in [0.3, 0.4) is 0 Å². The molecular formula is C37H21N3O. The van der Waals surface area contributed by atoms with Gasteiger partial charge in [-0.2, -0.15) is 5.26 Å². The van der Waals surface area contributed by atoms with Gasteiger partial charge in [-0.1, -0.05) is 66.7 Å². The Bertz CT molecular complexity index is 2500. The first-order valence-corrected chi connectivity index (χ1v) is 13.7. The van der Waals surface area contributed by atoms with Crippen molar-refractivity contribution >= 4 is 65.6 Å². The minimum atomic E-state index is 0.661. The molecule has 0 aliphatic rings. The van der Waals surface area contributed by atoms with Gasteiger partial charge in [-0.25, -0.2) is 0 Å². The molecule has 0 saturated heterocycles. The summed E-state index contributed by atoms with van der Waals surface area (Å²) in [4.78, 5) is 0. The summed E-state index contributed by atoms with van der Waals surface area (Å²) < 4.78 is 11.2. The van der Waals surface area contributed by atoms with Crippen molar-refractivity contribution in [2.45, 2.75) is 0 Å². The van der Waals surface area contributed by atoms with Crippen LogP contribution in [0.4, 0.5) is 0 Å². The molecule has 0 bridgehead atoms. The van der Waals surface area contributed by atoms with Gasteiger partial charge in [0.1, 0.15) is 5.58 Å². The fraction of sp³-hybridized carbons (Fsp3) is 0. The summed E-state index contributed by atoms with van der Waals surface area (Å²) in [7, 11) is 0. The molecule has 41 heavy (non-hydrogen) atoms. The van der Waals surface area contributed by atoms with Gasteiger partial charge in [0.25, 0.3) is 0 Å². The van der Waals surface area contributed by atoms with E-state index in [0.717, 1.165) is 66.2 Å². The molecule has 9 rings (SSSR count). The van der Waals surface area contributed by atoms with Gasteiger partial charge in [-0.15, -0.1) is 0 Å². The number of fused-ring (bicyclic) bond motifs is 9. The van der Waals surface area contributed by atoms with E-state index >= 15 is 0 Å². The maximum Gasteiger partial charge on any atom is 0.159 e.